The van der Waals surface area contributed by atoms with E-state index in [4.69, 9.17) is 30.3 Å². The third-order valence-corrected chi connectivity index (χ3v) is 3.57. The first kappa shape index (κ1) is 23.6. The highest BCUT2D eigenvalue weighted by atomic mass is 16.6. The molecule has 1 saturated carbocycles. The molecule has 3 atom stereocenters. The van der Waals surface area contributed by atoms with Crippen molar-refractivity contribution in [2.24, 2.45) is 11.7 Å². The number of ether oxygens (including phenoxy) is 1. The Labute approximate surface area is 152 Å². The van der Waals surface area contributed by atoms with Crippen LogP contribution in [0.1, 0.15) is 40.0 Å². The quantitative estimate of drug-likeness (QED) is 0.500. The molecule has 0 aliphatic heterocycles. The molecule has 10 heteroatoms. The smallest absolute Gasteiger partial charge is 0.414 e. The molecule has 1 aliphatic carbocycles. The van der Waals surface area contributed by atoms with Crippen LogP contribution in [0.3, 0.4) is 0 Å². The summed E-state index contributed by atoms with van der Waals surface area (Å²) in [4.78, 5) is 43.4. The summed E-state index contributed by atoms with van der Waals surface area (Å²) in [7, 11) is 3.50. The van der Waals surface area contributed by atoms with Gasteiger partial charge in [0.15, 0.2) is 0 Å². The molecule has 0 aromatic heterocycles. The molecular weight excluding hydrogens is 346 g/mol. The lowest BCUT2D eigenvalue weighted by Gasteiger charge is -2.35. The Kier molecular flexibility index (Phi) is 9.05. The van der Waals surface area contributed by atoms with E-state index in [1.54, 1.807) is 19.0 Å². The number of hydrogen-bond donors (Lipinski definition) is 4. The number of amides is 2. The number of aliphatic carboxylic acids is 2. The van der Waals surface area contributed by atoms with Crippen molar-refractivity contribution in [3.63, 3.8) is 0 Å². The second-order valence-electron chi connectivity index (χ2n) is 7.27. The molecule has 0 aromatic rings. The monoisotopic (exact) mass is 375 g/mol. The van der Waals surface area contributed by atoms with Gasteiger partial charge in [0.2, 0.25) is 5.91 Å². The van der Waals surface area contributed by atoms with E-state index in [1.165, 1.54) is 0 Å². The molecule has 0 unspecified atom stereocenters. The molecule has 26 heavy (non-hydrogen) atoms. The lowest BCUT2D eigenvalue weighted by molar-refractivity contribution is -0.159. The van der Waals surface area contributed by atoms with Crippen LogP contribution >= 0.6 is 0 Å². The van der Waals surface area contributed by atoms with Crippen LogP contribution in [0.15, 0.2) is 0 Å². The van der Waals surface area contributed by atoms with Crippen molar-refractivity contribution in [3.05, 3.63) is 0 Å². The van der Waals surface area contributed by atoms with Gasteiger partial charge in [-0.25, -0.2) is 14.4 Å². The van der Waals surface area contributed by atoms with Crippen LogP contribution in [-0.2, 0) is 19.1 Å². The third kappa shape index (κ3) is 9.21. The predicted octanol–water partition coefficient (Wildman–Crippen LogP) is 0.251. The molecule has 150 valence electrons. The molecule has 0 saturated heterocycles. The highest BCUT2D eigenvalue weighted by molar-refractivity contribution is 6.27. The number of hydrogen-bond acceptors (Lipinski definition) is 6. The second kappa shape index (κ2) is 9.95. The minimum absolute atomic E-state index is 0.0447. The van der Waals surface area contributed by atoms with Gasteiger partial charge < -0.3 is 30.9 Å². The minimum atomic E-state index is -1.82. The maximum atomic E-state index is 11.9. The van der Waals surface area contributed by atoms with Crippen LogP contribution in [0.4, 0.5) is 4.79 Å². The topological polar surface area (TPSA) is 159 Å². The van der Waals surface area contributed by atoms with E-state index in [2.05, 4.69) is 5.32 Å². The fraction of sp³-hybridized carbons (Fsp3) is 0.750. The van der Waals surface area contributed by atoms with E-state index in [0.717, 1.165) is 6.42 Å². The van der Waals surface area contributed by atoms with Gasteiger partial charge in [0, 0.05) is 32.1 Å². The average Bonchev–Trinajstić information content (AvgIpc) is 2.47. The molecule has 0 radical (unpaired) electrons. The number of carbonyl (C=O) groups excluding carboxylic acids is 2. The summed E-state index contributed by atoms with van der Waals surface area (Å²) in [5.41, 5.74) is 5.56. The van der Waals surface area contributed by atoms with E-state index in [-0.39, 0.29) is 23.9 Å². The maximum Gasteiger partial charge on any atom is 0.414 e. The number of carboxylic acids is 2. The van der Waals surface area contributed by atoms with Crippen LogP contribution < -0.4 is 11.1 Å². The minimum Gasteiger partial charge on any atom is -0.473 e. The van der Waals surface area contributed by atoms with Crippen molar-refractivity contribution in [2.75, 3.05) is 14.1 Å². The maximum absolute atomic E-state index is 11.9. The molecule has 0 heterocycles. The molecular formula is C16H29N3O7. The Morgan fingerprint density at radius 3 is 1.92 bits per heavy atom. The zero-order chi connectivity index (χ0) is 20.7. The first-order valence-electron chi connectivity index (χ1n) is 8.17. The van der Waals surface area contributed by atoms with Crippen molar-refractivity contribution in [1.29, 1.82) is 0 Å². The molecule has 0 spiro atoms. The fourth-order valence-electron chi connectivity index (χ4n) is 2.43. The van der Waals surface area contributed by atoms with Gasteiger partial charge in [-0.1, -0.05) is 0 Å². The molecule has 2 amide bonds. The van der Waals surface area contributed by atoms with Gasteiger partial charge in [-0.05, 0) is 40.0 Å². The van der Waals surface area contributed by atoms with Crippen molar-refractivity contribution in [2.45, 2.75) is 57.7 Å². The lowest BCUT2D eigenvalue weighted by atomic mass is 9.82. The summed E-state index contributed by atoms with van der Waals surface area (Å²) in [5, 5.41) is 17.6. The molecule has 1 fully saturated rings. The molecule has 1 aliphatic rings. The van der Waals surface area contributed by atoms with Crippen molar-refractivity contribution in [1.82, 2.24) is 10.2 Å². The van der Waals surface area contributed by atoms with Crippen LogP contribution in [-0.4, -0.2) is 70.8 Å². The zero-order valence-electron chi connectivity index (χ0n) is 15.8. The van der Waals surface area contributed by atoms with Gasteiger partial charge in [-0.2, -0.15) is 0 Å². The van der Waals surface area contributed by atoms with Crippen molar-refractivity contribution in [3.8, 4) is 0 Å². The van der Waals surface area contributed by atoms with Crippen molar-refractivity contribution < 1.29 is 34.1 Å². The first-order valence-corrected chi connectivity index (χ1v) is 8.17. The standard InChI is InChI=1S/C14H27N3O3.C2H2O4/c1-14(2,3)20-13(19)16-11-7-6-9(8-10(11)15)12(18)17(4)5;3-1(4)2(5)6/h9-11H,6-8,15H2,1-5H3,(H,16,19);(H,3,4)(H,5,6)/t9-,10+,11-;/m0./s1. The van der Waals surface area contributed by atoms with E-state index in [9.17, 15) is 9.59 Å². The molecule has 10 nitrogen and oxygen atoms in total. The molecule has 0 bridgehead atoms. The second-order valence-corrected chi connectivity index (χ2v) is 7.27. The van der Waals surface area contributed by atoms with Gasteiger partial charge >= 0.3 is 18.0 Å². The molecule has 0 aromatic carbocycles. The van der Waals surface area contributed by atoms with E-state index >= 15 is 0 Å². The van der Waals surface area contributed by atoms with Gasteiger partial charge in [-0.3, -0.25) is 4.79 Å². The Morgan fingerprint density at radius 2 is 1.58 bits per heavy atom. The van der Waals surface area contributed by atoms with Crippen LogP contribution in [0.2, 0.25) is 0 Å². The van der Waals surface area contributed by atoms with Gasteiger partial charge in [0.25, 0.3) is 0 Å². The summed E-state index contributed by atoms with van der Waals surface area (Å²) < 4.78 is 5.22. The van der Waals surface area contributed by atoms with Crippen LogP contribution in [0, 0.1) is 5.92 Å². The molecule has 1 rings (SSSR count). The third-order valence-electron chi connectivity index (χ3n) is 3.57. The number of carboxylic acid groups (broad SMARTS) is 2. The highest BCUT2D eigenvalue weighted by Gasteiger charge is 2.34. The Morgan fingerprint density at radius 1 is 1.08 bits per heavy atom. The number of nitrogens with one attached hydrogen (secondary N) is 1. The van der Waals surface area contributed by atoms with E-state index in [1.807, 2.05) is 20.8 Å². The lowest BCUT2D eigenvalue weighted by Crippen LogP contribution is -2.53. The summed E-state index contributed by atoms with van der Waals surface area (Å²) in [6.45, 7) is 5.46. The first-order chi connectivity index (χ1) is 11.7. The number of rotatable bonds is 2. The van der Waals surface area contributed by atoms with Gasteiger partial charge in [0.1, 0.15) is 5.60 Å². The summed E-state index contributed by atoms with van der Waals surface area (Å²) in [6.07, 6.45) is 1.59. The normalized spacial score (nSPS) is 22.3. The Hall–Kier alpha value is -2.36. The predicted molar refractivity (Wildman–Crippen MR) is 92.4 cm³/mol. The average molecular weight is 375 g/mol. The number of nitrogens with two attached hydrogens (primary N) is 1. The SMILES string of the molecule is CN(C)C(=O)[C@H]1CC[C@H](NC(=O)OC(C)(C)C)[C@H](N)C1.O=C(O)C(=O)O. The van der Waals surface area contributed by atoms with Crippen LogP contribution in [0.5, 0.6) is 0 Å². The highest BCUT2D eigenvalue weighted by Crippen LogP contribution is 2.25. The van der Waals surface area contributed by atoms with Gasteiger partial charge in [-0.15, -0.1) is 0 Å². The Balaban J connectivity index is 0.000000896. The number of alkyl carbamates (subject to hydrolysis) is 1. The number of carbonyl (C=O) groups is 4. The van der Waals surface area contributed by atoms with E-state index < -0.39 is 23.6 Å². The largest absolute Gasteiger partial charge is 0.473 e. The van der Waals surface area contributed by atoms with E-state index in [0.29, 0.717) is 12.8 Å². The summed E-state index contributed by atoms with van der Waals surface area (Å²) in [6, 6.07) is -0.346. The molecule has 5 N–H and O–H groups in total. The fourth-order valence-corrected chi connectivity index (χ4v) is 2.43. The van der Waals surface area contributed by atoms with Crippen LogP contribution in [0.25, 0.3) is 0 Å². The van der Waals surface area contributed by atoms with Gasteiger partial charge in [0.05, 0.1) is 0 Å². The zero-order valence-corrected chi connectivity index (χ0v) is 15.8. The summed E-state index contributed by atoms with van der Waals surface area (Å²) in [5.74, 6) is -3.59. The number of nitrogens with zero attached hydrogens (tertiary/aromatic N) is 1. The summed E-state index contributed by atoms with van der Waals surface area (Å²) >= 11 is 0. The van der Waals surface area contributed by atoms with Crippen molar-refractivity contribution >= 4 is 23.9 Å². The Bertz CT molecular complexity index is 516.